The number of carbonyl (C=O) groups excluding carboxylic acids is 1. The van der Waals surface area contributed by atoms with E-state index in [1.807, 2.05) is 13.0 Å². The van der Waals surface area contributed by atoms with Crippen molar-refractivity contribution in [2.24, 2.45) is 0 Å². The summed E-state index contributed by atoms with van der Waals surface area (Å²) in [6, 6.07) is 6.48. The molecular weight excluding hydrogens is 231 g/mol. The Morgan fingerprint density at radius 3 is 3.11 bits per heavy atom. The van der Waals surface area contributed by atoms with Crippen molar-refractivity contribution in [1.29, 1.82) is 0 Å². The number of hydrogen-bond donors (Lipinski definition) is 2. The van der Waals surface area contributed by atoms with E-state index in [0.717, 1.165) is 24.9 Å². The van der Waals surface area contributed by atoms with Crippen LogP contribution in [0.4, 0.5) is 4.39 Å². The number of amides is 1. The molecule has 1 aromatic rings. The Hall–Kier alpha value is -1.42. The largest absolute Gasteiger partial charge is 0.350 e. The lowest BCUT2D eigenvalue weighted by Gasteiger charge is -2.16. The van der Waals surface area contributed by atoms with E-state index in [1.54, 1.807) is 6.07 Å². The number of benzene rings is 1. The van der Waals surface area contributed by atoms with E-state index >= 15 is 0 Å². The third kappa shape index (κ3) is 3.53. The maximum absolute atomic E-state index is 13.1. The molecule has 1 amide bonds. The lowest BCUT2D eigenvalue weighted by Crippen LogP contribution is -2.33. The summed E-state index contributed by atoms with van der Waals surface area (Å²) in [4.78, 5) is 11.8. The summed E-state index contributed by atoms with van der Waals surface area (Å²) in [5.41, 5.74) is 0.794. The summed E-state index contributed by atoms with van der Waals surface area (Å²) in [7, 11) is 0. The van der Waals surface area contributed by atoms with Gasteiger partial charge in [0.25, 0.3) is 0 Å². The third-order valence-electron chi connectivity index (χ3n) is 3.32. The standard InChI is InChI=1S/C14H19FN2O/c1-10(11-4-2-5-12(15)8-11)17-14(18)9-13-6-3-7-16-13/h2,4-5,8,10,13,16H,3,6-7,9H2,1H3,(H,17,18)/t10-,13?/m1/s1. The number of nitrogens with one attached hydrogen (secondary N) is 2. The van der Waals surface area contributed by atoms with Crippen molar-refractivity contribution >= 4 is 5.91 Å². The zero-order chi connectivity index (χ0) is 13.0. The maximum atomic E-state index is 13.1. The average Bonchev–Trinajstić information content (AvgIpc) is 2.81. The monoisotopic (exact) mass is 250 g/mol. The smallest absolute Gasteiger partial charge is 0.222 e. The van der Waals surface area contributed by atoms with Crippen LogP contribution in [0.15, 0.2) is 24.3 Å². The lowest BCUT2D eigenvalue weighted by atomic mass is 10.1. The highest BCUT2D eigenvalue weighted by molar-refractivity contribution is 5.77. The first-order valence-electron chi connectivity index (χ1n) is 6.43. The first kappa shape index (κ1) is 13.0. The molecule has 0 radical (unpaired) electrons. The molecule has 2 rings (SSSR count). The van der Waals surface area contributed by atoms with Crippen molar-refractivity contribution in [2.45, 2.75) is 38.3 Å². The predicted molar refractivity (Wildman–Crippen MR) is 68.6 cm³/mol. The first-order chi connectivity index (χ1) is 8.65. The van der Waals surface area contributed by atoms with Crippen LogP contribution in [0.5, 0.6) is 0 Å². The number of hydrogen-bond acceptors (Lipinski definition) is 2. The molecule has 1 unspecified atom stereocenters. The molecule has 0 aliphatic carbocycles. The molecule has 0 spiro atoms. The van der Waals surface area contributed by atoms with Gasteiger partial charge in [-0.25, -0.2) is 4.39 Å². The molecule has 1 fully saturated rings. The van der Waals surface area contributed by atoms with Crippen LogP contribution < -0.4 is 10.6 Å². The van der Waals surface area contributed by atoms with Gasteiger partial charge in [-0.05, 0) is 44.0 Å². The molecule has 1 saturated heterocycles. The van der Waals surface area contributed by atoms with Gasteiger partial charge in [0, 0.05) is 12.5 Å². The second kappa shape index (κ2) is 5.96. The Balaban J connectivity index is 1.86. The Bertz CT molecular complexity index is 416. The highest BCUT2D eigenvalue weighted by Gasteiger charge is 2.18. The fourth-order valence-corrected chi connectivity index (χ4v) is 2.31. The van der Waals surface area contributed by atoms with Gasteiger partial charge >= 0.3 is 0 Å². The van der Waals surface area contributed by atoms with Crippen LogP contribution in [-0.4, -0.2) is 18.5 Å². The predicted octanol–water partition coefficient (Wildman–Crippen LogP) is 2.14. The van der Waals surface area contributed by atoms with Crippen LogP contribution >= 0.6 is 0 Å². The first-order valence-corrected chi connectivity index (χ1v) is 6.43. The summed E-state index contributed by atoms with van der Waals surface area (Å²) in [6.07, 6.45) is 2.69. The van der Waals surface area contributed by atoms with Crippen molar-refractivity contribution in [3.05, 3.63) is 35.6 Å². The second-order valence-electron chi connectivity index (χ2n) is 4.84. The number of rotatable bonds is 4. The number of halogens is 1. The fourth-order valence-electron chi connectivity index (χ4n) is 2.31. The molecular formula is C14H19FN2O. The molecule has 1 aliphatic heterocycles. The topological polar surface area (TPSA) is 41.1 Å². The average molecular weight is 250 g/mol. The van der Waals surface area contributed by atoms with E-state index in [9.17, 15) is 9.18 Å². The van der Waals surface area contributed by atoms with Gasteiger partial charge in [0.05, 0.1) is 6.04 Å². The molecule has 0 bridgehead atoms. The van der Waals surface area contributed by atoms with E-state index < -0.39 is 0 Å². The number of carbonyl (C=O) groups is 1. The highest BCUT2D eigenvalue weighted by atomic mass is 19.1. The Morgan fingerprint density at radius 2 is 2.44 bits per heavy atom. The van der Waals surface area contributed by atoms with Crippen LogP contribution in [0.25, 0.3) is 0 Å². The minimum atomic E-state index is -0.272. The zero-order valence-electron chi connectivity index (χ0n) is 10.6. The minimum Gasteiger partial charge on any atom is -0.350 e. The quantitative estimate of drug-likeness (QED) is 0.859. The van der Waals surface area contributed by atoms with Crippen molar-refractivity contribution < 1.29 is 9.18 Å². The molecule has 0 saturated carbocycles. The van der Waals surface area contributed by atoms with Crippen LogP contribution in [0, 0.1) is 5.82 Å². The van der Waals surface area contributed by atoms with Crippen LogP contribution in [0.1, 0.15) is 37.8 Å². The molecule has 4 heteroatoms. The van der Waals surface area contributed by atoms with Crippen molar-refractivity contribution in [3.63, 3.8) is 0 Å². The van der Waals surface area contributed by atoms with E-state index in [4.69, 9.17) is 0 Å². The van der Waals surface area contributed by atoms with Gasteiger partial charge in [-0.1, -0.05) is 12.1 Å². The van der Waals surface area contributed by atoms with E-state index in [0.29, 0.717) is 12.5 Å². The molecule has 0 aromatic heterocycles. The molecule has 18 heavy (non-hydrogen) atoms. The Kier molecular flexibility index (Phi) is 4.31. The highest BCUT2D eigenvalue weighted by Crippen LogP contribution is 2.14. The van der Waals surface area contributed by atoms with Gasteiger partial charge in [0.2, 0.25) is 5.91 Å². The van der Waals surface area contributed by atoms with Crippen LogP contribution in [0.3, 0.4) is 0 Å². The molecule has 1 heterocycles. The molecule has 98 valence electrons. The van der Waals surface area contributed by atoms with Crippen molar-refractivity contribution in [1.82, 2.24) is 10.6 Å². The van der Waals surface area contributed by atoms with Gasteiger partial charge < -0.3 is 10.6 Å². The second-order valence-corrected chi connectivity index (χ2v) is 4.84. The Morgan fingerprint density at radius 1 is 1.61 bits per heavy atom. The summed E-state index contributed by atoms with van der Waals surface area (Å²) >= 11 is 0. The van der Waals surface area contributed by atoms with Gasteiger partial charge in [-0.15, -0.1) is 0 Å². The minimum absolute atomic E-state index is 0.0196. The lowest BCUT2D eigenvalue weighted by molar-refractivity contribution is -0.122. The fraction of sp³-hybridized carbons (Fsp3) is 0.500. The van der Waals surface area contributed by atoms with Gasteiger partial charge in [0.1, 0.15) is 5.82 Å². The van der Waals surface area contributed by atoms with E-state index in [2.05, 4.69) is 10.6 Å². The van der Waals surface area contributed by atoms with E-state index in [1.165, 1.54) is 12.1 Å². The van der Waals surface area contributed by atoms with Gasteiger partial charge in [-0.3, -0.25) is 4.79 Å². The molecule has 1 aromatic carbocycles. The zero-order valence-corrected chi connectivity index (χ0v) is 10.6. The van der Waals surface area contributed by atoms with E-state index in [-0.39, 0.29) is 17.8 Å². The SMILES string of the molecule is C[C@@H](NC(=O)CC1CCCN1)c1cccc(F)c1. The third-order valence-corrected chi connectivity index (χ3v) is 3.32. The van der Waals surface area contributed by atoms with Crippen molar-refractivity contribution in [3.8, 4) is 0 Å². The Labute approximate surface area is 107 Å². The molecule has 3 nitrogen and oxygen atoms in total. The maximum Gasteiger partial charge on any atom is 0.222 e. The normalized spacial score (nSPS) is 20.7. The summed E-state index contributed by atoms with van der Waals surface area (Å²) in [6.45, 7) is 2.87. The summed E-state index contributed by atoms with van der Waals surface area (Å²) < 4.78 is 13.1. The molecule has 2 atom stereocenters. The molecule has 1 aliphatic rings. The summed E-state index contributed by atoms with van der Waals surface area (Å²) in [5.74, 6) is -0.253. The molecule has 2 N–H and O–H groups in total. The van der Waals surface area contributed by atoms with Gasteiger partial charge in [0.15, 0.2) is 0 Å². The van der Waals surface area contributed by atoms with Crippen molar-refractivity contribution in [2.75, 3.05) is 6.54 Å². The van der Waals surface area contributed by atoms with Crippen LogP contribution in [0.2, 0.25) is 0 Å². The van der Waals surface area contributed by atoms with Crippen LogP contribution in [-0.2, 0) is 4.79 Å². The van der Waals surface area contributed by atoms with Gasteiger partial charge in [-0.2, -0.15) is 0 Å². The summed E-state index contributed by atoms with van der Waals surface area (Å²) in [5, 5.41) is 6.19.